The number of halogens is 3. The summed E-state index contributed by atoms with van der Waals surface area (Å²) in [4.78, 5) is 22.0. The highest BCUT2D eigenvalue weighted by Crippen LogP contribution is 2.48. The third-order valence-corrected chi connectivity index (χ3v) is 7.58. The monoisotopic (exact) mass is 562 g/mol. The van der Waals surface area contributed by atoms with Crippen molar-refractivity contribution in [3.8, 4) is 0 Å². The van der Waals surface area contributed by atoms with Gasteiger partial charge in [-0.2, -0.15) is 13.2 Å². The topological polar surface area (TPSA) is 113 Å². The second kappa shape index (κ2) is 12.3. The van der Waals surface area contributed by atoms with Crippen LogP contribution >= 0.6 is 0 Å². The fourth-order valence-electron chi connectivity index (χ4n) is 3.91. The van der Waals surface area contributed by atoms with Crippen molar-refractivity contribution in [2.45, 2.75) is 55.6 Å². The fraction of sp³-hybridized carbons (Fsp3) is 0.286. The molecule has 3 aromatic carbocycles. The first-order chi connectivity index (χ1) is 18.4. The van der Waals surface area contributed by atoms with Crippen LogP contribution in [0.3, 0.4) is 0 Å². The number of carbonyl (C=O) groups is 2. The molecule has 0 unspecified atom stereocenters. The maximum atomic E-state index is 12.9. The average molecular weight is 563 g/mol. The summed E-state index contributed by atoms with van der Waals surface area (Å²) in [5.41, 5.74) is 3.06. The number of sulfonamides is 1. The number of carboxylic acid groups (broad SMARTS) is 1. The van der Waals surface area contributed by atoms with E-state index in [-0.39, 0.29) is 10.8 Å². The van der Waals surface area contributed by atoms with Crippen LogP contribution in [-0.2, 0) is 38.0 Å². The predicted molar refractivity (Wildman–Crippen MR) is 141 cm³/mol. The molecule has 7 nitrogen and oxygen atoms in total. The summed E-state index contributed by atoms with van der Waals surface area (Å²) >= 11 is 0. The van der Waals surface area contributed by atoms with Gasteiger partial charge in [0, 0.05) is 12.2 Å². The lowest BCUT2D eigenvalue weighted by molar-refractivity contribution is -0.192. The molecule has 39 heavy (non-hydrogen) atoms. The number of amides is 1. The average Bonchev–Trinajstić information content (AvgIpc) is 3.71. The molecule has 11 heteroatoms. The minimum Gasteiger partial charge on any atom is -0.475 e. The van der Waals surface area contributed by atoms with Gasteiger partial charge in [0.2, 0.25) is 5.91 Å². The molecule has 1 fully saturated rings. The highest BCUT2D eigenvalue weighted by atomic mass is 32.2. The summed E-state index contributed by atoms with van der Waals surface area (Å²) in [6, 6.07) is 23.9. The van der Waals surface area contributed by atoms with E-state index < -0.39 is 27.6 Å². The predicted octanol–water partition coefficient (Wildman–Crippen LogP) is 5.42. The van der Waals surface area contributed by atoms with E-state index in [9.17, 15) is 26.4 Å². The lowest BCUT2D eigenvalue weighted by Gasteiger charge is -2.17. The van der Waals surface area contributed by atoms with Crippen molar-refractivity contribution >= 4 is 27.6 Å². The molecule has 1 aliphatic carbocycles. The third-order valence-electron chi connectivity index (χ3n) is 6.19. The van der Waals surface area contributed by atoms with Crippen molar-refractivity contribution in [1.29, 1.82) is 0 Å². The minimum atomic E-state index is -5.08. The van der Waals surface area contributed by atoms with E-state index in [0.29, 0.717) is 12.2 Å². The maximum Gasteiger partial charge on any atom is 0.490 e. The van der Waals surface area contributed by atoms with Gasteiger partial charge in [-0.3, -0.25) is 9.52 Å². The Labute approximate surface area is 225 Å². The molecule has 0 radical (unpaired) electrons. The zero-order valence-electron chi connectivity index (χ0n) is 21.2. The molecule has 3 N–H and O–H groups in total. The van der Waals surface area contributed by atoms with Gasteiger partial charge in [-0.05, 0) is 60.2 Å². The molecule has 0 atom stereocenters. The number of nitrogens with one attached hydrogen (secondary N) is 2. The van der Waals surface area contributed by atoms with E-state index in [1.54, 1.807) is 24.3 Å². The van der Waals surface area contributed by atoms with Crippen LogP contribution in [0.2, 0.25) is 0 Å². The van der Waals surface area contributed by atoms with Gasteiger partial charge in [-0.25, -0.2) is 13.2 Å². The van der Waals surface area contributed by atoms with E-state index in [1.807, 2.05) is 54.6 Å². The molecule has 0 bridgehead atoms. The van der Waals surface area contributed by atoms with E-state index >= 15 is 0 Å². The van der Waals surface area contributed by atoms with Crippen LogP contribution in [0.5, 0.6) is 0 Å². The summed E-state index contributed by atoms with van der Waals surface area (Å²) in [7, 11) is -3.66. The molecule has 0 saturated heterocycles. The first-order valence-electron chi connectivity index (χ1n) is 12.2. The number of aliphatic carboxylic acids is 1. The summed E-state index contributed by atoms with van der Waals surface area (Å²) in [5, 5.41) is 10.2. The summed E-state index contributed by atoms with van der Waals surface area (Å²) in [5.74, 6) is -2.74. The van der Waals surface area contributed by atoms with Crippen molar-refractivity contribution in [3.63, 3.8) is 0 Å². The van der Waals surface area contributed by atoms with Crippen LogP contribution in [0.25, 0.3) is 0 Å². The van der Waals surface area contributed by atoms with E-state index in [4.69, 9.17) is 9.90 Å². The lowest BCUT2D eigenvalue weighted by atomic mass is 9.94. The Bertz CT molecular complexity index is 1370. The van der Waals surface area contributed by atoms with E-state index in [2.05, 4.69) is 17.0 Å². The summed E-state index contributed by atoms with van der Waals surface area (Å²) in [6.45, 7) is 2.59. The van der Waals surface area contributed by atoms with Gasteiger partial charge < -0.3 is 10.4 Å². The molecule has 0 heterocycles. The number of carbonyl (C=O) groups excluding carboxylic acids is 1. The van der Waals surface area contributed by atoms with E-state index in [0.717, 1.165) is 42.4 Å². The first kappa shape index (κ1) is 29.7. The lowest BCUT2D eigenvalue weighted by Crippen LogP contribution is -2.34. The van der Waals surface area contributed by atoms with Gasteiger partial charge in [0.15, 0.2) is 0 Å². The molecule has 0 aliphatic heterocycles. The van der Waals surface area contributed by atoms with Crippen LogP contribution in [0.1, 0.15) is 42.9 Å². The van der Waals surface area contributed by atoms with Crippen LogP contribution in [0.4, 0.5) is 18.9 Å². The van der Waals surface area contributed by atoms with Gasteiger partial charge in [-0.15, -0.1) is 0 Å². The number of rotatable bonds is 9. The molecular weight excluding hydrogens is 533 g/mol. The Kier molecular flexibility index (Phi) is 9.39. The second-order valence-electron chi connectivity index (χ2n) is 9.13. The zero-order chi connectivity index (χ0) is 28.7. The minimum absolute atomic E-state index is 0.0156. The molecule has 208 valence electrons. The molecule has 0 spiro atoms. The fourth-order valence-corrected chi connectivity index (χ4v) is 4.97. The van der Waals surface area contributed by atoms with Crippen molar-refractivity contribution in [2.24, 2.45) is 0 Å². The highest BCUT2D eigenvalue weighted by Gasteiger charge is 2.51. The molecule has 3 aromatic rings. The van der Waals surface area contributed by atoms with Crippen molar-refractivity contribution in [1.82, 2.24) is 5.32 Å². The van der Waals surface area contributed by atoms with Crippen LogP contribution in [0.15, 0.2) is 83.8 Å². The van der Waals surface area contributed by atoms with Crippen molar-refractivity contribution in [3.05, 3.63) is 95.6 Å². The maximum absolute atomic E-state index is 12.9. The van der Waals surface area contributed by atoms with Crippen LogP contribution < -0.4 is 10.0 Å². The smallest absolute Gasteiger partial charge is 0.475 e. The van der Waals surface area contributed by atoms with Gasteiger partial charge >= 0.3 is 12.1 Å². The van der Waals surface area contributed by atoms with E-state index in [1.165, 1.54) is 0 Å². The normalized spacial score (nSPS) is 13.9. The number of hydrogen-bond acceptors (Lipinski definition) is 4. The van der Waals surface area contributed by atoms with Crippen molar-refractivity contribution < 1.29 is 36.3 Å². The van der Waals surface area contributed by atoms with Gasteiger partial charge in [-0.1, -0.05) is 67.9 Å². The number of alkyl halides is 3. The molecule has 1 amide bonds. The SMILES string of the molecule is CCCc1ccc(S(=O)(=O)Nc2ccc(C3(C(=O)NCc4ccccc4)CC3)cc2)cc1.O=C(O)C(F)(F)F. The zero-order valence-corrected chi connectivity index (χ0v) is 22.0. The van der Waals surface area contributed by atoms with Crippen molar-refractivity contribution in [2.75, 3.05) is 4.72 Å². The summed E-state index contributed by atoms with van der Waals surface area (Å²) < 4.78 is 59.8. The van der Waals surface area contributed by atoms with Gasteiger partial charge in [0.25, 0.3) is 10.0 Å². The van der Waals surface area contributed by atoms with Crippen LogP contribution in [-0.4, -0.2) is 31.6 Å². The molecule has 1 saturated carbocycles. The number of carboxylic acids is 1. The molecule has 0 aromatic heterocycles. The first-order valence-corrected chi connectivity index (χ1v) is 13.7. The quantitative estimate of drug-likeness (QED) is 0.322. The molecular formula is C28H29F3N2O5S. The Hall–Kier alpha value is -3.86. The standard InChI is InChI=1S/C26H28N2O3S.C2HF3O2/c1-2-6-20-9-15-24(16-10-20)32(30,31)28-23-13-11-22(12-14-23)26(17-18-26)25(29)27-19-21-7-4-3-5-8-21;3-2(4,5)1(6)7/h3-5,7-16,28H,2,6,17-19H2,1H3,(H,27,29);(H,6,7). The number of hydrogen-bond donors (Lipinski definition) is 3. The number of aryl methyl sites for hydroxylation is 1. The number of benzene rings is 3. The largest absolute Gasteiger partial charge is 0.490 e. The third kappa shape index (κ3) is 8.06. The Morgan fingerprint density at radius 2 is 1.46 bits per heavy atom. The van der Waals surface area contributed by atoms with Gasteiger partial charge in [0.1, 0.15) is 0 Å². The number of anilines is 1. The highest BCUT2D eigenvalue weighted by molar-refractivity contribution is 7.92. The Morgan fingerprint density at radius 1 is 0.897 bits per heavy atom. The summed E-state index contributed by atoms with van der Waals surface area (Å²) in [6.07, 6.45) is -1.55. The van der Waals surface area contributed by atoms with Crippen LogP contribution in [0, 0.1) is 0 Å². The molecule has 4 rings (SSSR count). The Morgan fingerprint density at radius 3 is 1.95 bits per heavy atom. The molecule has 1 aliphatic rings. The van der Waals surface area contributed by atoms with Gasteiger partial charge in [0.05, 0.1) is 10.3 Å². The Balaban J connectivity index is 0.000000532. The second-order valence-corrected chi connectivity index (χ2v) is 10.8.